The van der Waals surface area contributed by atoms with Crippen molar-refractivity contribution in [1.29, 1.82) is 0 Å². The Kier molecular flexibility index (Phi) is 3.92. The molecule has 0 spiro atoms. The lowest BCUT2D eigenvalue weighted by molar-refractivity contribution is 0.509. The van der Waals surface area contributed by atoms with Crippen molar-refractivity contribution in [2.45, 2.75) is 58.9 Å². The first kappa shape index (κ1) is 13.8. The monoisotopic (exact) mass is 289 g/mol. The summed E-state index contributed by atoms with van der Waals surface area (Å²) in [6.07, 6.45) is 7.75. The van der Waals surface area contributed by atoms with Crippen LogP contribution in [0.2, 0.25) is 0 Å². The van der Waals surface area contributed by atoms with Crippen LogP contribution in [-0.4, -0.2) is 16.0 Å². The number of anilines is 1. The van der Waals surface area contributed by atoms with Crippen molar-refractivity contribution in [3.05, 3.63) is 16.8 Å². The molecule has 0 bridgehead atoms. The van der Waals surface area contributed by atoms with E-state index in [0.29, 0.717) is 6.04 Å². The molecule has 0 amide bonds. The fourth-order valence-corrected chi connectivity index (χ4v) is 4.47. The number of aromatic nitrogens is 2. The van der Waals surface area contributed by atoms with Gasteiger partial charge in [0.1, 0.15) is 17.0 Å². The summed E-state index contributed by atoms with van der Waals surface area (Å²) in [6, 6.07) is 0.469. The highest BCUT2D eigenvalue weighted by Gasteiger charge is 2.23. The average Bonchev–Trinajstić information content (AvgIpc) is 2.77. The van der Waals surface area contributed by atoms with Crippen molar-refractivity contribution in [2.75, 3.05) is 5.32 Å². The average molecular weight is 289 g/mol. The SMILES string of the molecule is CCC[C@@H](C)Nc1ncnc2sc3c(c12)CC[C@@H](C)C3. The summed E-state index contributed by atoms with van der Waals surface area (Å²) in [7, 11) is 0. The maximum absolute atomic E-state index is 4.51. The summed E-state index contributed by atoms with van der Waals surface area (Å²) >= 11 is 1.87. The van der Waals surface area contributed by atoms with Gasteiger partial charge in [0.15, 0.2) is 0 Å². The van der Waals surface area contributed by atoms with Crippen LogP contribution in [0.1, 0.15) is 50.5 Å². The standard InChI is InChI=1S/C16H23N3S/c1-4-5-11(3)19-15-14-12-7-6-10(2)8-13(12)20-16(14)18-9-17-15/h9-11H,4-8H2,1-3H3,(H,17,18,19)/t10-,11-/m1/s1. The zero-order valence-corrected chi connectivity index (χ0v) is 13.4. The molecule has 108 valence electrons. The molecule has 3 rings (SSSR count). The van der Waals surface area contributed by atoms with Gasteiger partial charge in [0.2, 0.25) is 0 Å². The topological polar surface area (TPSA) is 37.8 Å². The molecule has 4 heteroatoms. The minimum Gasteiger partial charge on any atom is -0.367 e. The number of nitrogens with zero attached hydrogens (tertiary/aromatic N) is 2. The van der Waals surface area contributed by atoms with Crippen LogP contribution in [-0.2, 0) is 12.8 Å². The van der Waals surface area contributed by atoms with E-state index in [2.05, 4.69) is 36.1 Å². The predicted molar refractivity (Wildman–Crippen MR) is 86.6 cm³/mol. The van der Waals surface area contributed by atoms with Gasteiger partial charge in [-0.05, 0) is 44.1 Å². The molecule has 20 heavy (non-hydrogen) atoms. The molecular formula is C16H23N3S. The van der Waals surface area contributed by atoms with E-state index in [0.717, 1.165) is 16.6 Å². The van der Waals surface area contributed by atoms with E-state index in [9.17, 15) is 0 Å². The molecule has 0 aliphatic heterocycles. The molecule has 0 saturated heterocycles. The lowest BCUT2D eigenvalue weighted by atomic mass is 9.89. The number of aryl methyl sites for hydroxylation is 1. The molecule has 0 unspecified atom stereocenters. The fraction of sp³-hybridized carbons (Fsp3) is 0.625. The van der Waals surface area contributed by atoms with E-state index in [1.165, 1.54) is 47.9 Å². The molecule has 3 nitrogen and oxygen atoms in total. The van der Waals surface area contributed by atoms with Crippen LogP contribution in [0.5, 0.6) is 0 Å². The summed E-state index contributed by atoms with van der Waals surface area (Å²) < 4.78 is 0. The van der Waals surface area contributed by atoms with Crippen LogP contribution in [0.25, 0.3) is 10.2 Å². The molecule has 2 heterocycles. The number of thiophene rings is 1. The lowest BCUT2D eigenvalue weighted by Crippen LogP contribution is -2.16. The predicted octanol–water partition coefficient (Wildman–Crippen LogP) is 4.42. The van der Waals surface area contributed by atoms with Gasteiger partial charge < -0.3 is 5.32 Å². The zero-order chi connectivity index (χ0) is 14.1. The first-order valence-electron chi connectivity index (χ1n) is 7.70. The van der Waals surface area contributed by atoms with Crippen molar-refractivity contribution < 1.29 is 0 Å². The van der Waals surface area contributed by atoms with Crippen LogP contribution in [0.15, 0.2) is 6.33 Å². The van der Waals surface area contributed by atoms with Gasteiger partial charge >= 0.3 is 0 Å². The first-order valence-corrected chi connectivity index (χ1v) is 8.52. The third kappa shape index (κ3) is 2.53. The minimum atomic E-state index is 0.469. The summed E-state index contributed by atoms with van der Waals surface area (Å²) in [4.78, 5) is 11.7. The molecule has 2 atom stereocenters. The molecule has 0 saturated carbocycles. The maximum Gasteiger partial charge on any atom is 0.138 e. The molecule has 0 aromatic carbocycles. The van der Waals surface area contributed by atoms with Crippen molar-refractivity contribution in [1.82, 2.24) is 9.97 Å². The van der Waals surface area contributed by atoms with Crippen LogP contribution in [0.3, 0.4) is 0 Å². The Balaban J connectivity index is 2.00. The number of nitrogens with one attached hydrogen (secondary N) is 1. The van der Waals surface area contributed by atoms with E-state index in [4.69, 9.17) is 0 Å². The number of rotatable bonds is 4. The molecule has 1 aliphatic carbocycles. The summed E-state index contributed by atoms with van der Waals surface area (Å²) in [5.74, 6) is 1.85. The van der Waals surface area contributed by atoms with E-state index in [1.807, 2.05) is 11.3 Å². The van der Waals surface area contributed by atoms with Crippen molar-refractivity contribution in [3.8, 4) is 0 Å². The van der Waals surface area contributed by atoms with E-state index >= 15 is 0 Å². The van der Waals surface area contributed by atoms with Gasteiger partial charge in [0.05, 0.1) is 5.39 Å². The van der Waals surface area contributed by atoms with E-state index in [-0.39, 0.29) is 0 Å². The molecule has 0 fully saturated rings. The lowest BCUT2D eigenvalue weighted by Gasteiger charge is -2.19. The first-order chi connectivity index (χ1) is 9.69. The highest BCUT2D eigenvalue weighted by Crippen LogP contribution is 2.39. The summed E-state index contributed by atoms with van der Waals surface area (Å²) in [5.41, 5.74) is 1.51. The Morgan fingerprint density at radius 2 is 2.30 bits per heavy atom. The minimum absolute atomic E-state index is 0.469. The molecule has 2 aromatic rings. The smallest absolute Gasteiger partial charge is 0.138 e. The highest BCUT2D eigenvalue weighted by atomic mass is 32.1. The quantitative estimate of drug-likeness (QED) is 0.905. The van der Waals surface area contributed by atoms with Crippen LogP contribution in [0, 0.1) is 5.92 Å². The van der Waals surface area contributed by atoms with Gasteiger partial charge in [0, 0.05) is 10.9 Å². The van der Waals surface area contributed by atoms with E-state index < -0.39 is 0 Å². The van der Waals surface area contributed by atoms with Gasteiger partial charge in [-0.3, -0.25) is 0 Å². The maximum atomic E-state index is 4.51. The van der Waals surface area contributed by atoms with Crippen LogP contribution < -0.4 is 5.32 Å². The number of fused-ring (bicyclic) bond motifs is 3. The summed E-state index contributed by atoms with van der Waals surface area (Å²) in [5, 5.41) is 4.88. The van der Waals surface area contributed by atoms with Crippen LogP contribution in [0.4, 0.5) is 5.82 Å². The van der Waals surface area contributed by atoms with Crippen molar-refractivity contribution in [2.24, 2.45) is 5.92 Å². The zero-order valence-electron chi connectivity index (χ0n) is 12.6. The van der Waals surface area contributed by atoms with Crippen molar-refractivity contribution in [3.63, 3.8) is 0 Å². The van der Waals surface area contributed by atoms with Gasteiger partial charge in [-0.25, -0.2) is 9.97 Å². The largest absolute Gasteiger partial charge is 0.367 e. The second-order valence-corrected chi connectivity index (χ2v) is 7.17. The molecule has 0 radical (unpaired) electrons. The Hall–Kier alpha value is -1.16. The van der Waals surface area contributed by atoms with Gasteiger partial charge in [-0.1, -0.05) is 20.3 Å². The molecule has 1 N–H and O–H groups in total. The number of hydrogen-bond donors (Lipinski definition) is 1. The Bertz CT molecular complexity index is 605. The van der Waals surface area contributed by atoms with E-state index in [1.54, 1.807) is 6.33 Å². The van der Waals surface area contributed by atoms with Gasteiger partial charge in [-0.2, -0.15) is 0 Å². The fourth-order valence-electron chi connectivity index (χ4n) is 3.12. The Labute approximate surface area is 124 Å². The summed E-state index contributed by atoms with van der Waals surface area (Å²) in [6.45, 7) is 6.81. The number of hydrogen-bond acceptors (Lipinski definition) is 4. The molecule has 2 aromatic heterocycles. The highest BCUT2D eigenvalue weighted by molar-refractivity contribution is 7.19. The second-order valence-electron chi connectivity index (χ2n) is 6.09. The second kappa shape index (κ2) is 5.68. The van der Waals surface area contributed by atoms with Gasteiger partial charge in [0.25, 0.3) is 0 Å². The third-order valence-electron chi connectivity index (χ3n) is 4.20. The Morgan fingerprint density at radius 3 is 3.10 bits per heavy atom. The van der Waals surface area contributed by atoms with Crippen LogP contribution >= 0.6 is 11.3 Å². The molecular weight excluding hydrogens is 266 g/mol. The Morgan fingerprint density at radius 1 is 1.45 bits per heavy atom. The third-order valence-corrected chi connectivity index (χ3v) is 5.36. The normalized spacial score (nSPS) is 19.9. The molecule has 1 aliphatic rings. The van der Waals surface area contributed by atoms with Crippen molar-refractivity contribution >= 4 is 27.4 Å². The van der Waals surface area contributed by atoms with Gasteiger partial charge in [-0.15, -0.1) is 11.3 Å².